The summed E-state index contributed by atoms with van der Waals surface area (Å²) in [4.78, 5) is 65.3. The standard InChI is InChI=1S/C29H29N5O7/c1-19-7-5-11-22(15-19)30-29(39)33-14-13-32(25(35)16-20-8-3-2-4-9-20)28(33)27(38)31-24(18-26(36)37)21-10-6-12-23(17-21)34(40)41/h2-12,15,17,24,28H,13-14,16,18H2,1H3,(H,30,39)(H,31,38)(H,36,37). The second kappa shape index (κ2) is 12.7. The van der Waals surface area contributed by atoms with Crippen molar-refractivity contribution < 1.29 is 29.2 Å². The van der Waals surface area contributed by atoms with Crippen LogP contribution in [-0.2, 0) is 20.8 Å². The first-order chi connectivity index (χ1) is 19.6. The van der Waals surface area contributed by atoms with E-state index in [1.807, 2.05) is 19.1 Å². The number of anilines is 1. The monoisotopic (exact) mass is 559 g/mol. The molecule has 41 heavy (non-hydrogen) atoms. The number of hydrogen-bond acceptors (Lipinski definition) is 6. The van der Waals surface area contributed by atoms with E-state index in [0.29, 0.717) is 5.69 Å². The molecule has 0 saturated carbocycles. The molecule has 1 aliphatic heterocycles. The summed E-state index contributed by atoms with van der Waals surface area (Å²) < 4.78 is 0. The van der Waals surface area contributed by atoms with Crippen LogP contribution in [0, 0.1) is 17.0 Å². The van der Waals surface area contributed by atoms with E-state index in [1.165, 1.54) is 34.1 Å². The zero-order valence-corrected chi connectivity index (χ0v) is 22.2. The Morgan fingerprint density at radius 1 is 0.976 bits per heavy atom. The van der Waals surface area contributed by atoms with Crippen LogP contribution in [0.3, 0.4) is 0 Å². The van der Waals surface area contributed by atoms with E-state index in [9.17, 15) is 34.4 Å². The van der Waals surface area contributed by atoms with Gasteiger partial charge in [-0.05, 0) is 35.7 Å². The maximum atomic E-state index is 13.8. The summed E-state index contributed by atoms with van der Waals surface area (Å²) >= 11 is 0. The van der Waals surface area contributed by atoms with Crippen molar-refractivity contribution in [3.8, 4) is 0 Å². The van der Waals surface area contributed by atoms with Gasteiger partial charge < -0.3 is 20.6 Å². The molecule has 0 aromatic heterocycles. The number of benzene rings is 3. The third-order valence-corrected chi connectivity index (χ3v) is 6.63. The highest BCUT2D eigenvalue weighted by Gasteiger charge is 2.43. The molecular formula is C29H29N5O7. The molecule has 1 heterocycles. The molecular weight excluding hydrogens is 530 g/mol. The van der Waals surface area contributed by atoms with E-state index in [2.05, 4.69) is 10.6 Å². The first kappa shape index (κ1) is 28.7. The number of hydrogen-bond donors (Lipinski definition) is 3. The molecule has 4 amide bonds. The lowest BCUT2D eigenvalue weighted by Gasteiger charge is -2.31. The van der Waals surface area contributed by atoms with Crippen LogP contribution in [0.1, 0.15) is 29.2 Å². The van der Waals surface area contributed by atoms with Gasteiger partial charge in [0.1, 0.15) is 0 Å². The first-order valence-corrected chi connectivity index (χ1v) is 12.9. The third kappa shape index (κ3) is 7.24. The molecule has 212 valence electrons. The Labute approximate surface area is 235 Å². The summed E-state index contributed by atoms with van der Waals surface area (Å²) in [5, 5.41) is 26.2. The molecule has 3 N–H and O–H groups in total. The summed E-state index contributed by atoms with van der Waals surface area (Å²) in [6, 6.07) is 19.5. The van der Waals surface area contributed by atoms with Crippen molar-refractivity contribution in [3.05, 3.63) is 106 Å². The summed E-state index contributed by atoms with van der Waals surface area (Å²) in [7, 11) is 0. The molecule has 0 spiro atoms. The Kier molecular flexibility index (Phi) is 8.92. The number of nitro benzene ring substituents is 1. The molecule has 0 bridgehead atoms. The average Bonchev–Trinajstić information content (AvgIpc) is 3.39. The van der Waals surface area contributed by atoms with Gasteiger partial charge in [0.2, 0.25) is 5.91 Å². The number of nitro groups is 1. The van der Waals surface area contributed by atoms with Gasteiger partial charge in [-0.3, -0.25) is 29.4 Å². The SMILES string of the molecule is Cc1cccc(NC(=O)N2CCN(C(=O)Cc3ccccc3)C2C(=O)NC(CC(=O)O)c2cccc([N+](=O)[O-])c2)c1. The van der Waals surface area contributed by atoms with Crippen molar-refractivity contribution in [2.24, 2.45) is 0 Å². The summed E-state index contributed by atoms with van der Waals surface area (Å²) in [6.07, 6.45) is -1.97. The van der Waals surface area contributed by atoms with Crippen LogP contribution in [-0.4, -0.2) is 62.9 Å². The van der Waals surface area contributed by atoms with Gasteiger partial charge in [-0.1, -0.05) is 54.6 Å². The van der Waals surface area contributed by atoms with Crippen molar-refractivity contribution in [3.63, 3.8) is 0 Å². The number of carboxylic acids is 1. The number of carbonyl (C=O) groups excluding carboxylic acids is 3. The van der Waals surface area contributed by atoms with E-state index < -0.39 is 47.4 Å². The fraction of sp³-hybridized carbons (Fsp3) is 0.241. The highest BCUT2D eigenvalue weighted by molar-refractivity contribution is 5.96. The largest absolute Gasteiger partial charge is 0.481 e. The number of rotatable bonds is 9. The highest BCUT2D eigenvalue weighted by atomic mass is 16.6. The minimum Gasteiger partial charge on any atom is -0.481 e. The third-order valence-electron chi connectivity index (χ3n) is 6.63. The number of aliphatic carboxylic acids is 1. The van der Waals surface area contributed by atoms with Gasteiger partial charge in [0, 0.05) is 30.9 Å². The van der Waals surface area contributed by atoms with Crippen LogP contribution in [0.4, 0.5) is 16.2 Å². The van der Waals surface area contributed by atoms with Crippen LogP contribution in [0.5, 0.6) is 0 Å². The van der Waals surface area contributed by atoms with Gasteiger partial charge in [0.15, 0.2) is 6.17 Å². The summed E-state index contributed by atoms with van der Waals surface area (Å²) in [6.45, 7) is 1.99. The quantitative estimate of drug-likeness (QED) is 0.267. The van der Waals surface area contributed by atoms with Gasteiger partial charge in [0.25, 0.3) is 11.6 Å². The molecule has 12 heteroatoms. The second-order valence-corrected chi connectivity index (χ2v) is 9.63. The van der Waals surface area contributed by atoms with Gasteiger partial charge in [-0.2, -0.15) is 0 Å². The maximum Gasteiger partial charge on any atom is 0.323 e. The molecule has 2 unspecified atom stereocenters. The van der Waals surface area contributed by atoms with Crippen LogP contribution in [0.2, 0.25) is 0 Å². The van der Waals surface area contributed by atoms with Crippen molar-refractivity contribution in [2.75, 3.05) is 18.4 Å². The number of amides is 4. The number of nitrogens with one attached hydrogen (secondary N) is 2. The summed E-state index contributed by atoms with van der Waals surface area (Å²) in [5.41, 5.74) is 2.06. The number of urea groups is 1. The Morgan fingerprint density at radius 3 is 2.37 bits per heavy atom. The topological polar surface area (TPSA) is 162 Å². The van der Waals surface area contributed by atoms with Gasteiger partial charge in [-0.25, -0.2) is 4.79 Å². The van der Waals surface area contributed by atoms with Crippen molar-refractivity contribution in [1.82, 2.24) is 15.1 Å². The number of non-ortho nitro benzene ring substituents is 1. The fourth-order valence-electron chi connectivity index (χ4n) is 4.70. The number of aryl methyl sites for hydroxylation is 1. The van der Waals surface area contributed by atoms with Crippen molar-refractivity contribution >= 4 is 35.2 Å². The minimum atomic E-state index is -1.38. The number of carbonyl (C=O) groups is 4. The van der Waals surface area contributed by atoms with Crippen molar-refractivity contribution in [2.45, 2.75) is 32.0 Å². The lowest BCUT2D eigenvalue weighted by atomic mass is 10.0. The number of nitrogens with zero attached hydrogens (tertiary/aromatic N) is 3. The predicted molar refractivity (Wildman–Crippen MR) is 149 cm³/mol. The maximum absolute atomic E-state index is 13.8. The molecule has 12 nitrogen and oxygen atoms in total. The molecule has 0 radical (unpaired) electrons. The smallest absolute Gasteiger partial charge is 0.323 e. The normalized spacial score (nSPS) is 15.2. The predicted octanol–water partition coefficient (Wildman–Crippen LogP) is 3.48. The Balaban J connectivity index is 1.63. The lowest BCUT2D eigenvalue weighted by molar-refractivity contribution is -0.384. The van der Waals surface area contributed by atoms with E-state index in [-0.39, 0.29) is 30.8 Å². The Bertz CT molecular complexity index is 1460. The second-order valence-electron chi connectivity index (χ2n) is 9.63. The Morgan fingerprint density at radius 2 is 1.68 bits per heavy atom. The molecule has 2 atom stereocenters. The first-order valence-electron chi connectivity index (χ1n) is 12.9. The van der Waals surface area contributed by atoms with Crippen molar-refractivity contribution in [1.29, 1.82) is 0 Å². The zero-order valence-electron chi connectivity index (χ0n) is 22.2. The van der Waals surface area contributed by atoms with Gasteiger partial charge >= 0.3 is 12.0 Å². The van der Waals surface area contributed by atoms with Gasteiger partial charge in [-0.15, -0.1) is 0 Å². The van der Waals surface area contributed by atoms with E-state index in [4.69, 9.17) is 0 Å². The highest BCUT2D eigenvalue weighted by Crippen LogP contribution is 2.25. The molecule has 1 fully saturated rings. The molecule has 3 aromatic rings. The van der Waals surface area contributed by atoms with Crippen LogP contribution >= 0.6 is 0 Å². The van der Waals surface area contributed by atoms with Gasteiger partial charge in [0.05, 0.1) is 23.8 Å². The van der Waals surface area contributed by atoms with Crippen LogP contribution in [0.15, 0.2) is 78.9 Å². The molecule has 3 aromatic carbocycles. The molecule has 1 aliphatic rings. The minimum absolute atomic E-state index is 0.0125. The van der Waals surface area contributed by atoms with E-state index in [0.717, 1.165) is 11.1 Å². The molecule has 4 rings (SSSR count). The Hall–Kier alpha value is -5.26. The number of carboxylic acid groups (broad SMARTS) is 1. The average molecular weight is 560 g/mol. The fourth-order valence-corrected chi connectivity index (χ4v) is 4.70. The van der Waals surface area contributed by atoms with Crippen LogP contribution < -0.4 is 10.6 Å². The van der Waals surface area contributed by atoms with Crippen LogP contribution in [0.25, 0.3) is 0 Å². The summed E-state index contributed by atoms with van der Waals surface area (Å²) in [5.74, 6) is -2.44. The molecule has 0 aliphatic carbocycles. The lowest BCUT2D eigenvalue weighted by Crippen LogP contribution is -2.55. The zero-order chi connectivity index (χ0) is 29.5. The molecule has 1 saturated heterocycles. The van der Waals surface area contributed by atoms with E-state index in [1.54, 1.807) is 42.5 Å². The van der Waals surface area contributed by atoms with E-state index >= 15 is 0 Å².